The highest BCUT2D eigenvalue weighted by Gasteiger charge is 2.35. The fraction of sp³-hybridized carbons (Fsp3) is 0.564. The molecule has 2 amide bonds. The van der Waals surface area contributed by atoms with Crippen molar-refractivity contribution in [2.45, 2.75) is 78.5 Å². The molecule has 53 heavy (non-hydrogen) atoms. The smallest absolute Gasteiger partial charge is 0.410 e. The Morgan fingerprint density at radius 2 is 1.51 bits per heavy atom. The largest absolute Gasteiger partial charge is 0.507 e. The minimum atomic E-state index is -1.03. The monoisotopic (exact) mass is 733 g/mol. The van der Waals surface area contributed by atoms with Gasteiger partial charge in [-0.3, -0.25) is 24.4 Å². The van der Waals surface area contributed by atoms with Crippen molar-refractivity contribution in [2.24, 2.45) is 0 Å². The summed E-state index contributed by atoms with van der Waals surface area (Å²) in [5.74, 6) is 0.299. The molecular formula is C39H55N7O7. The van der Waals surface area contributed by atoms with Crippen molar-refractivity contribution in [2.75, 3.05) is 65.5 Å². The van der Waals surface area contributed by atoms with Crippen LogP contribution in [0.15, 0.2) is 47.3 Å². The van der Waals surface area contributed by atoms with Crippen LogP contribution in [0.4, 0.5) is 4.79 Å². The van der Waals surface area contributed by atoms with Gasteiger partial charge >= 0.3 is 17.8 Å². The normalized spacial score (nSPS) is 18.3. The quantitative estimate of drug-likeness (QED) is 0.295. The lowest BCUT2D eigenvalue weighted by Gasteiger charge is -2.43. The van der Waals surface area contributed by atoms with Crippen LogP contribution in [-0.2, 0) is 25.5 Å². The minimum Gasteiger partial charge on any atom is -0.507 e. The first-order chi connectivity index (χ1) is 25.1. The predicted octanol–water partition coefficient (Wildman–Crippen LogP) is 3.75. The molecule has 3 aliphatic rings. The standard InChI is InChI=1S/C38H51N7O7.CH4/c1-4-51-33(46)25-41-14-10-30(11-15-41)42-18-20-43(21-19-42)36(48)32(24-28-22-26(2)34(47)27(3)23-28)52-38(50)44-16-12-31(13-17-44)45-37(49)39-35(40-45)29-8-6-5-7-9-29;/h5-9,22-23,30-32,47H,4,10-21,24-25H2,1-3H3,(H,39,40,49);1H4/t32-;/m1./s1. The minimum absolute atomic E-state index is 0. The Bertz CT molecular complexity index is 1730. The van der Waals surface area contributed by atoms with Crippen molar-refractivity contribution in [1.82, 2.24) is 34.4 Å². The first-order valence-corrected chi connectivity index (χ1v) is 18.5. The van der Waals surface area contributed by atoms with Crippen LogP contribution in [0.1, 0.15) is 62.8 Å². The number of phenols is 1. The molecule has 3 saturated heterocycles. The van der Waals surface area contributed by atoms with E-state index in [1.165, 1.54) is 4.68 Å². The Morgan fingerprint density at radius 3 is 2.13 bits per heavy atom. The van der Waals surface area contributed by atoms with Crippen molar-refractivity contribution in [3.8, 4) is 17.1 Å². The molecule has 0 saturated carbocycles. The fourth-order valence-corrected chi connectivity index (χ4v) is 7.70. The zero-order valence-corrected chi connectivity index (χ0v) is 30.5. The SMILES string of the molecule is C.CCOC(=O)CN1CCC(N2CCN(C(=O)[C@@H](Cc3cc(C)c(O)c(C)c3)OC(=O)N3CCC(n4nc(-c5ccccc5)[nH]c4=O)CC3)CC2)CC1. The van der Waals surface area contributed by atoms with Crippen LogP contribution in [0, 0.1) is 13.8 Å². The van der Waals surface area contributed by atoms with E-state index in [0.717, 1.165) is 50.1 Å². The van der Waals surface area contributed by atoms with Gasteiger partial charge in [0.05, 0.1) is 19.2 Å². The average Bonchev–Trinajstić information content (AvgIpc) is 3.55. The Morgan fingerprint density at radius 1 is 0.887 bits per heavy atom. The molecule has 3 aromatic rings. The number of piperidine rings is 2. The summed E-state index contributed by atoms with van der Waals surface area (Å²) in [7, 11) is 0. The van der Waals surface area contributed by atoms with E-state index in [2.05, 4.69) is 19.9 Å². The maximum Gasteiger partial charge on any atom is 0.410 e. The molecule has 1 aromatic heterocycles. The third-order valence-electron chi connectivity index (χ3n) is 10.6. The number of likely N-dealkylation sites (tertiary alicyclic amines) is 2. The van der Waals surface area contributed by atoms with E-state index in [9.17, 15) is 24.3 Å². The topological polar surface area (TPSA) is 154 Å². The van der Waals surface area contributed by atoms with Crippen molar-refractivity contribution in [1.29, 1.82) is 0 Å². The molecule has 0 radical (unpaired) electrons. The van der Waals surface area contributed by atoms with Gasteiger partial charge in [0, 0.05) is 70.4 Å². The molecule has 3 aliphatic heterocycles. The number of H-pyrrole nitrogens is 1. The molecule has 2 aromatic carbocycles. The van der Waals surface area contributed by atoms with Crippen LogP contribution in [0.2, 0.25) is 0 Å². The summed E-state index contributed by atoms with van der Waals surface area (Å²) in [5, 5.41) is 14.9. The highest BCUT2D eigenvalue weighted by molar-refractivity contribution is 5.84. The van der Waals surface area contributed by atoms with Crippen molar-refractivity contribution in [3.63, 3.8) is 0 Å². The van der Waals surface area contributed by atoms with E-state index in [0.29, 0.717) is 75.2 Å². The molecular weight excluding hydrogens is 678 g/mol. The predicted molar refractivity (Wildman–Crippen MR) is 201 cm³/mol. The lowest BCUT2D eigenvalue weighted by Crippen LogP contribution is -2.56. The summed E-state index contributed by atoms with van der Waals surface area (Å²) in [5.41, 5.74) is 2.73. The maximum absolute atomic E-state index is 14.1. The van der Waals surface area contributed by atoms with Crippen LogP contribution in [0.3, 0.4) is 0 Å². The third kappa shape index (κ3) is 9.65. The van der Waals surface area contributed by atoms with Gasteiger partial charge in [-0.15, -0.1) is 5.10 Å². The molecule has 0 unspecified atom stereocenters. The van der Waals surface area contributed by atoms with Gasteiger partial charge in [-0.05, 0) is 63.1 Å². The first kappa shape index (κ1) is 39.5. The number of phenolic OH excluding ortho intramolecular Hbond substituents is 1. The molecule has 14 nitrogen and oxygen atoms in total. The number of nitrogens with one attached hydrogen (secondary N) is 1. The number of amides is 2. The number of aryl methyl sites for hydroxylation is 2. The van der Waals surface area contributed by atoms with Crippen molar-refractivity contribution < 1.29 is 29.0 Å². The number of ether oxygens (including phenoxy) is 2. The van der Waals surface area contributed by atoms with Crippen LogP contribution in [0.5, 0.6) is 5.75 Å². The van der Waals surface area contributed by atoms with Crippen LogP contribution in [0.25, 0.3) is 11.4 Å². The van der Waals surface area contributed by atoms with E-state index in [4.69, 9.17) is 9.47 Å². The Labute approximate surface area is 311 Å². The molecule has 1 atom stereocenters. The zero-order valence-electron chi connectivity index (χ0n) is 30.5. The second kappa shape index (κ2) is 17.9. The van der Waals surface area contributed by atoms with Gasteiger partial charge < -0.3 is 24.4 Å². The number of hydrogen-bond acceptors (Lipinski definition) is 10. The van der Waals surface area contributed by atoms with E-state index in [1.54, 1.807) is 9.80 Å². The highest BCUT2D eigenvalue weighted by atomic mass is 16.6. The van der Waals surface area contributed by atoms with Crippen LogP contribution >= 0.6 is 0 Å². The lowest BCUT2D eigenvalue weighted by molar-refractivity contribution is -0.144. The van der Waals surface area contributed by atoms with Gasteiger partial charge in [0.2, 0.25) is 0 Å². The summed E-state index contributed by atoms with van der Waals surface area (Å²) in [4.78, 5) is 63.2. The van der Waals surface area contributed by atoms with Crippen molar-refractivity contribution >= 4 is 18.0 Å². The number of esters is 1. The Kier molecular flexibility index (Phi) is 13.3. The van der Waals surface area contributed by atoms with Crippen LogP contribution in [-0.4, -0.2) is 135 Å². The molecule has 14 heteroatoms. The summed E-state index contributed by atoms with van der Waals surface area (Å²) in [6.45, 7) is 11.0. The maximum atomic E-state index is 14.1. The van der Waals surface area contributed by atoms with Gasteiger partial charge in [0.15, 0.2) is 11.9 Å². The highest BCUT2D eigenvalue weighted by Crippen LogP contribution is 2.27. The number of piperazine rings is 1. The number of carbonyl (C=O) groups is 3. The summed E-state index contributed by atoms with van der Waals surface area (Å²) < 4.78 is 12.6. The third-order valence-corrected chi connectivity index (χ3v) is 10.6. The number of benzene rings is 2. The van der Waals surface area contributed by atoms with Gasteiger partial charge in [0.25, 0.3) is 5.91 Å². The van der Waals surface area contributed by atoms with Gasteiger partial charge in [-0.2, -0.15) is 0 Å². The molecule has 0 spiro atoms. The Hall–Kier alpha value is -4.69. The molecule has 0 aliphatic carbocycles. The van der Waals surface area contributed by atoms with E-state index < -0.39 is 12.2 Å². The Balaban J connectivity index is 0.00000541. The molecule has 2 N–H and O–H groups in total. The second-order valence-corrected chi connectivity index (χ2v) is 14.1. The molecule has 3 fully saturated rings. The first-order valence-electron chi connectivity index (χ1n) is 18.5. The fourth-order valence-electron chi connectivity index (χ4n) is 7.70. The van der Waals surface area contributed by atoms with E-state index in [1.807, 2.05) is 63.2 Å². The number of aromatic hydroxyl groups is 1. The number of aromatic amines is 1. The van der Waals surface area contributed by atoms with E-state index in [-0.39, 0.29) is 43.2 Å². The average molecular weight is 734 g/mol. The summed E-state index contributed by atoms with van der Waals surface area (Å²) >= 11 is 0. The lowest BCUT2D eigenvalue weighted by atomic mass is 10.00. The van der Waals surface area contributed by atoms with Crippen LogP contribution < -0.4 is 5.69 Å². The summed E-state index contributed by atoms with van der Waals surface area (Å²) in [6.07, 6.45) is 1.54. The molecule has 6 rings (SSSR count). The molecule has 4 heterocycles. The molecule has 0 bridgehead atoms. The molecule has 288 valence electrons. The number of hydrogen-bond donors (Lipinski definition) is 2. The second-order valence-electron chi connectivity index (χ2n) is 14.1. The number of carbonyl (C=O) groups excluding carboxylic acids is 3. The summed E-state index contributed by atoms with van der Waals surface area (Å²) in [6, 6.07) is 13.3. The number of aromatic nitrogens is 3. The zero-order chi connectivity index (χ0) is 36.8. The van der Waals surface area contributed by atoms with Gasteiger partial charge in [0.1, 0.15) is 5.75 Å². The van der Waals surface area contributed by atoms with Crippen molar-refractivity contribution in [3.05, 3.63) is 69.6 Å². The number of rotatable bonds is 10. The van der Waals surface area contributed by atoms with Gasteiger partial charge in [-0.1, -0.05) is 49.9 Å². The number of nitrogens with zero attached hydrogens (tertiary/aromatic N) is 6. The van der Waals surface area contributed by atoms with Gasteiger partial charge in [-0.25, -0.2) is 14.3 Å². The van der Waals surface area contributed by atoms with E-state index >= 15 is 0 Å².